The van der Waals surface area contributed by atoms with Crippen molar-refractivity contribution in [1.82, 2.24) is 9.71 Å². The molecule has 0 spiro atoms. The molecule has 0 fully saturated rings. The number of anilines is 1. The molecule has 1 heterocycles. The first-order valence-corrected chi connectivity index (χ1v) is 10.00. The monoisotopic (exact) mass is 381 g/mol. The van der Waals surface area contributed by atoms with Crippen molar-refractivity contribution >= 4 is 43.5 Å². The van der Waals surface area contributed by atoms with Crippen molar-refractivity contribution in [1.29, 1.82) is 0 Å². The summed E-state index contributed by atoms with van der Waals surface area (Å²) in [7, 11) is -1.88. The van der Waals surface area contributed by atoms with E-state index in [9.17, 15) is 8.42 Å². The highest BCUT2D eigenvalue weighted by Crippen LogP contribution is 2.22. The van der Waals surface area contributed by atoms with E-state index >= 15 is 0 Å². The molecule has 0 saturated carbocycles. The summed E-state index contributed by atoms with van der Waals surface area (Å²) in [6, 6.07) is 1.55. The van der Waals surface area contributed by atoms with Gasteiger partial charge in [-0.25, -0.2) is 18.1 Å². The third kappa shape index (κ3) is 5.59. The molecule has 20 heavy (non-hydrogen) atoms. The highest BCUT2D eigenvalue weighted by atomic mass is 79.9. The molecule has 0 aliphatic rings. The summed E-state index contributed by atoms with van der Waals surface area (Å²) >= 11 is 5.05. The molecule has 0 unspecified atom stereocenters. The average molecular weight is 382 g/mol. The van der Waals surface area contributed by atoms with Crippen molar-refractivity contribution < 1.29 is 8.42 Å². The average Bonchev–Trinajstić information content (AvgIpc) is 2.42. The van der Waals surface area contributed by atoms with Crippen molar-refractivity contribution in [2.75, 3.05) is 30.9 Å². The van der Waals surface area contributed by atoms with Crippen LogP contribution in [0.3, 0.4) is 0 Å². The molecule has 0 amide bonds. The second-order valence-electron chi connectivity index (χ2n) is 4.20. The summed E-state index contributed by atoms with van der Waals surface area (Å²) in [6.45, 7) is 0.451. The topological polar surface area (TPSA) is 71.1 Å². The number of pyridine rings is 1. The predicted octanol–water partition coefficient (Wildman–Crippen LogP) is 2.70. The van der Waals surface area contributed by atoms with Gasteiger partial charge in [0, 0.05) is 24.3 Å². The molecular formula is C12H20BrN3O2S2. The lowest BCUT2D eigenvalue weighted by molar-refractivity contribution is 0.576. The first-order valence-electron chi connectivity index (χ1n) is 6.33. The lowest BCUT2D eigenvalue weighted by Crippen LogP contribution is -2.26. The molecule has 2 N–H and O–H groups in total. The Hall–Kier alpha value is -0.310. The number of hydrogen-bond donors (Lipinski definition) is 2. The van der Waals surface area contributed by atoms with Gasteiger partial charge in [-0.15, -0.1) is 0 Å². The van der Waals surface area contributed by atoms with E-state index in [-0.39, 0.29) is 4.90 Å². The first kappa shape index (κ1) is 17.7. The summed E-state index contributed by atoms with van der Waals surface area (Å²) in [5.41, 5.74) is 0. The van der Waals surface area contributed by atoms with Crippen LogP contribution in [0.25, 0.3) is 0 Å². The van der Waals surface area contributed by atoms with Gasteiger partial charge >= 0.3 is 0 Å². The van der Waals surface area contributed by atoms with Gasteiger partial charge in [0.05, 0.1) is 0 Å². The summed E-state index contributed by atoms with van der Waals surface area (Å²) in [6.07, 6.45) is 6.62. The third-order valence-corrected chi connectivity index (χ3v) is 5.27. The molecule has 0 aliphatic carbocycles. The van der Waals surface area contributed by atoms with Gasteiger partial charge in [-0.3, -0.25) is 0 Å². The Balaban J connectivity index is 2.62. The number of unbranched alkanes of at least 4 members (excludes halogenated alkanes) is 2. The Kier molecular flexibility index (Phi) is 7.86. The maximum atomic E-state index is 12.2. The van der Waals surface area contributed by atoms with Crippen LogP contribution in [-0.2, 0) is 10.0 Å². The molecule has 5 nitrogen and oxygen atoms in total. The standard InChI is InChI=1S/C12H20BrN3O2S2/c1-14-12-11(8-10(13)9-15-12)20(17,18)16-6-4-3-5-7-19-2/h8-9,16H,3-7H2,1-2H3,(H,14,15). The second kappa shape index (κ2) is 8.86. The van der Waals surface area contributed by atoms with Gasteiger partial charge < -0.3 is 5.32 Å². The third-order valence-electron chi connectivity index (χ3n) is 2.66. The smallest absolute Gasteiger partial charge is 0.244 e. The second-order valence-corrected chi connectivity index (χ2v) is 7.84. The number of hydrogen-bond acceptors (Lipinski definition) is 5. The van der Waals surface area contributed by atoms with Crippen molar-refractivity contribution in [3.05, 3.63) is 16.7 Å². The zero-order valence-corrected chi connectivity index (χ0v) is 14.9. The van der Waals surface area contributed by atoms with Crippen LogP contribution in [0.5, 0.6) is 0 Å². The zero-order chi connectivity index (χ0) is 15.0. The normalized spacial score (nSPS) is 11.6. The Morgan fingerprint density at radius 3 is 2.75 bits per heavy atom. The van der Waals surface area contributed by atoms with E-state index in [2.05, 4.69) is 37.2 Å². The van der Waals surface area contributed by atoms with E-state index in [1.165, 1.54) is 0 Å². The summed E-state index contributed by atoms with van der Waals surface area (Å²) < 4.78 is 27.7. The molecule has 8 heteroatoms. The van der Waals surface area contributed by atoms with Crippen molar-refractivity contribution in [2.24, 2.45) is 0 Å². The van der Waals surface area contributed by atoms with Crippen LogP contribution in [0.2, 0.25) is 0 Å². The fraction of sp³-hybridized carbons (Fsp3) is 0.583. The van der Waals surface area contributed by atoms with Gasteiger partial charge in [0.2, 0.25) is 10.0 Å². The molecule has 0 radical (unpaired) electrons. The molecular weight excluding hydrogens is 362 g/mol. The summed E-state index contributed by atoms with van der Waals surface area (Å²) in [5, 5.41) is 2.79. The maximum absolute atomic E-state index is 12.2. The molecule has 0 aromatic carbocycles. The summed E-state index contributed by atoms with van der Waals surface area (Å²) in [5.74, 6) is 1.47. The van der Waals surface area contributed by atoms with Gasteiger partial charge in [0.25, 0.3) is 0 Å². The van der Waals surface area contributed by atoms with Crippen molar-refractivity contribution in [3.63, 3.8) is 0 Å². The molecule has 114 valence electrons. The van der Waals surface area contributed by atoms with Crippen molar-refractivity contribution in [3.8, 4) is 0 Å². The number of nitrogens with one attached hydrogen (secondary N) is 2. The lowest BCUT2D eigenvalue weighted by atomic mass is 10.2. The molecule has 0 aliphatic heterocycles. The zero-order valence-electron chi connectivity index (χ0n) is 11.6. The molecule has 0 bridgehead atoms. The van der Waals surface area contributed by atoms with Crippen LogP contribution in [-0.4, -0.2) is 39.0 Å². The number of nitrogens with zero attached hydrogens (tertiary/aromatic N) is 1. The van der Waals surface area contributed by atoms with Gasteiger partial charge in [0.15, 0.2) is 0 Å². The van der Waals surface area contributed by atoms with E-state index in [4.69, 9.17) is 0 Å². The Labute approximate surface area is 133 Å². The fourth-order valence-corrected chi connectivity index (χ4v) is 3.88. The van der Waals surface area contributed by atoms with Crippen LogP contribution < -0.4 is 10.0 Å². The SMILES string of the molecule is CNc1ncc(Br)cc1S(=O)(=O)NCCCCCSC. The Bertz CT molecular complexity index is 523. The van der Waals surface area contributed by atoms with Crippen LogP contribution in [0.4, 0.5) is 5.82 Å². The van der Waals surface area contributed by atoms with Crippen LogP contribution >= 0.6 is 27.7 Å². The molecule has 1 rings (SSSR count). The molecule has 0 saturated heterocycles. The predicted molar refractivity (Wildman–Crippen MR) is 88.9 cm³/mol. The number of rotatable bonds is 9. The van der Waals surface area contributed by atoms with Gasteiger partial charge in [-0.2, -0.15) is 11.8 Å². The van der Waals surface area contributed by atoms with E-state index in [1.54, 1.807) is 19.3 Å². The maximum Gasteiger partial charge on any atom is 0.244 e. The minimum Gasteiger partial charge on any atom is -0.372 e. The van der Waals surface area contributed by atoms with Crippen LogP contribution in [0.15, 0.2) is 21.6 Å². The highest BCUT2D eigenvalue weighted by molar-refractivity contribution is 9.10. The highest BCUT2D eigenvalue weighted by Gasteiger charge is 2.19. The van der Waals surface area contributed by atoms with E-state index < -0.39 is 10.0 Å². The summed E-state index contributed by atoms with van der Waals surface area (Å²) in [4.78, 5) is 4.22. The minimum atomic E-state index is -3.53. The lowest BCUT2D eigenvalue weighted by Gasteiger charge is -2.10. The van der Waals surface area contributed by atoms with Gasteiger partial charge in [-0.05, 0) is 46.8 Å². The number of halogens is 1. The minimum absolute atomic E-state index is 0.165. The van der Waals surface area contributed by atoms with E-state index in [0.29, 0.717) is 16.8 Å². The number of thioether (sulfide) groups is 1. The van der Waals surface area contributed by atoms with Crippen molar-refractivity contribution in [2.45, 2.75) is 24.2 Å². The molecule has 1 aromatic rings. The van der Waals surface area contributed by atoms with Gasteiger partial charge in [-0.1, -0.05) is 6.42 Å². The first-order chi connectivity index (χ1) is 9.51. The Morgan fingerprint density at radius 1 is 1.35 bits per heavy atom. The number of sulfonamides is 1. The largest absolute Gasteiger partial charge is 0.372 e. The quantitative estimate of drug-likeness (QED) is 0.643. The number of aromatic nitrogens is 1. The van der Waals surface area contributed by atoms with Crippen LogP contribution in [0, 0.1) is 0 Å². The molecule has 1 aromatic heterocycles. The Morgan fingerprint density at radius 2 is 2.10 bits per heavy atom. The van der Waals surface area contributed by atoms with Crippen LogP contribution in [0.1, 0.15) is 19.3 Å². The van der Waals surface area contributed by atoms with E-state index in [0.717, 1.165) is 25.0 Å². The molecule has 0 atom stereocenters. The van der Waals surface area contributed by atoms with E-state index in [1.807, 2.05) is 11.8 Å². The fourth-order valence-electron chi connectivity index (χ4n) is 1.65. The van der Waals surface area contributed by atoms with Gasteiger partial charge in [0.1, 0.15) is 10.7 Å².